The second-order valence-electron chi connectivity index (χ2n) is 5.05. The van der Waals surface area contributed by atoms with Gasteiger partial charge in [0.15, 0.2) is 0 Å². The van der Waals surface area contributed by atoms with Gasteiger partial charge in [-0.05, 0) is 31.4 Å². The van der Waals surface area contributed by atoms with Crippen molar-refractivity contribution in [2.45, 2.75) is 31.7 Å². The first-order valence-corrected chi connectivity index (χ1v) is 6.97. The summed E-state index contributed by atoms with van der Waals surface area (Å²) in [6.45, 7) is 0.571. The highest BCUT2D eigenvalue weighted by Crippen LogP contribution is 2.22. The molecule has 0 aromatic carbocycles. The average Bonchev–Trinajstić information content (AvgIpc) is 2.97. The standard InChI is InChI=1S/C14H16N4O3/c19-14(20)18-8-4-2-5-10(18)9-12-16-17-13(21-12)11-6-1-3-7-15-11/h1,3,6-7,10H,2,4-5,8-9H2,(H,19,20)/t10-/m0/s1. The Morgan fingerprint density at radius 1 is 1.38 bits per heavy atom. The van der Waals surface area contributed by atoms with Crippen LogP contribution in [0.25, 0.3) is 11.6 Å². The van der Waals surface area contributed by atoms with E-state index < -0.39 is 6.09 Å². The molecule has 3 heterocycles. The molecule has 21 heavy (non-hydrogen) atoms. The molecule has 2 aromatic heterocycles. The third-order valence-electron chi connectivity index (χ3n) is 3.63. The van der Waals surface area contributed by atoms with Crippen molar-refractivity contribution in [3.05, 3.63) is 30.3 Å². The number of piperidine rings is 1. The molecule has 0 radical (unpaired) electrons. The number of likely N-dealkylation sites (tertiary alicyclic amines) is 1. The number of rotatable bonds is 3. The normalized spacial score (nSPS) is 18.7. The molecule has 7 nitrogen and oxygen atoms in total. The van der Waals surface area contributed by atoms with Gasteiger partial charge in [-0.1, -0.05) is 6.07 Å². The molecule has 1 N–H and O–H groups in total. The lowest BCUT2D eigenvalue weighted by molar-refractivity contribution is 0.104. The van der Waals surface area contributed by atoms with Crippen LogP contribution >= 0.6 is 0 Å². The van der Waals surface area contributed by atoms with Crippen molar-refractivity contribution in [2.24, 2.45) is 0 Å². The van der Waals surface area contributed by atoms with E-state index >= 15 is 0 Å². The van der Waals surface area contributed by atoms with Gasteiger partial charge >= 0.3 is 6.09 Å². The van der Waals surface area contributed by atoms with Gasteiger partial charge < -0.3 is 14.4 Å². The Morgan fingerprint density at radius 2 is 2.29 bits per heavy atom. The molecule has 1 aliphatic rings. The van der Waals surface area contributed by atoms with E-state index in [2.05, 4.69) is 15.2 Å². The summed E-state index contributed by atoms with van der Waals surface area (Å²) in [5.41, 5.74) is 0.620. The van der Waals surface area contributed by atoms with Gasteiger partial charge in [0.2, 0.25) is 5.89 Å². The van der Waals surface area contributed by atoms with Crippen LogP contribution in [0.3, 0.4) is 0 Å². The summed E-state index contributed by atoms with van der Waals surface area (Å²) in [4.78, 5) is 16.8. The topological polar surface area (TPSA) is 92.3 Å². The van der Waals surface area contributed by atoms with Gasteiger partial charge in [-0.2, -0.15) is 0 Å². The fraction of sp³-hybridized carbons (Fsp3) is 0.429. The van der Waals surface area contributed by atoms with Crippen LogP contribution in [0.2, 0.25) is 0 Å². The van der Waals surface area contributed by atoms with E-state index in [0.29, 0.717) is 30.4 Å². The SMILES string of the molecule is O=C(O)N1CCCC[C@H]1Cc1nnc(-c2ccccn2)o1. The largest absolute Gasteiger partial charge is 0.465 e. The van der Waals surface area contributed by atoms with Gasteiger partial charge in [0.05, 0.1) is 0 Å². The third-order valence-corrected chi connectivity index (χ3v) is 3.63. The maximum absolute atomic E-state index is 11.2. The summed E-state index contributed by atoms with van der Waals surface area (Å²) in [6.07, 6.45) is 3.98. The number of pyridine rings is 1. The maximum Gasteiger partial charge on any atom is 0.407 e. The summed E-state index contributed by atoms with van der Waals surface area (Å²) in [7, 11) is 0. The number of hydrogen-bond donors (Lipinski definition) is 1. The Hall–Kier alpha value is -2.44. The lowest BCUT2D eigenvalue weighted by Gasteiger charge is -2.32. The molecule has 3 rings (SSSR count). The fourth-order valence-corrected chi connectivity index (χ4v) is 2.60. The average molecular weight is 288 g/mol. The lowest BCUT2D eigenvalue weighted by Crippen LogP contribution is -2.44. The minimum Gasteiger partial charge on any atom is -0.465 e. The van der Waals surface area contributed by atoms with E-state index in [9.17, 15) is 9.90 Å². The number of carboxylic acid groups (broad SMARTS) is 1. The van der Waals surface area contributed by atoms with Crippen LogP contribution in [0.15, 0.2) is 28.8 Å². The molecular weight excluding hydrogens is 272 g/mol. The molecule has 1 aliphatic heterocycles. The second-order valence-corrected chi connectivity index (χ2v) is 5.05. The molecule has 0 unspecified atom stereocenters. The molecular formula is C14H16N4O3. The summed E-state index contributed by atoms with van der Waals surface area (Å²) >= 11 is 0. The predicted octanol–water partition coefficient (Wildman–Crippen LogP) is 2.21. The zero-order chi connectivity index (χ0) is 14.7. The lowest BCUT2D eigenvalue weighted by atomic mass is 10.00. The van der Waals surface area contributed by atoms with Crippen molar-refractivity contribution in [3.63, 3.8) is 0 Å². The number of hydrogen-bond acceptors (Lipinski definition) is 5. The van der Waals surface area contributed by atoms with Gasteiger partial charge in [0.25, 0.3) is 5.89 Å². The first kappa shape index (κ1) is 13.5. The first-order chi connectivity index (χ1) is 10.2. The molecule has 0 spiro atoms. The second kappa shape index (κ2) is 5.90. The van der Waals surface area contributed by atoms with Crippen LogP contribution in [0, 0.1) is 0 Å². The van der Waals surface area contributed by atoms with E-state index in [0.717, 1.165) is 19.3 Å². The van der Waals surface area contributed by atoms with E-state index in [4.69, 9.17) is 4.42 Å². The number of aromatic nitrogens is 3. The van der Waals surface area contributed by atoms with Crippen LogP contribution < -0.4 is 0 Å². The molecule has 110 valence electrons. The van der Waals surface area contributed by atoms with Crippen LogP contribution in [-0.2, 0) is 6.42 Å². The maximum atomic E-state index is 11.2. The first-order valence-electron chi connectivity index (χ1n) is 6.97. The van der Waals surface area contributed by atoms with Crippen molar-refractivity contribution < 1.29 is 14.3 Å². The minimum atomic E-state index is -0.885. The molecule has 1 amide bonds. The Morgan fingerprint density at radius 3 is 3.05 bits per heavy atom. The quantitative estimate of drug-likeness (QED) is 0.930. The van der Waals surface area contributed by atoms with Crippen LogP contribution in [0.5, 0.6) is 0 Å². The van der Waals surface area contributed by atoms with Gasteiger partial charge in [0.1, 0.15) is 5.69 Å². The Balaban J connectivity index is 1.73. The molecule has 7 heteroatoms. The third kappa shape index (κ3) is 3.01. The van der Waals surface area contributed by atoms with Crippen molar-refractivity contribution in [2.75, 3.05) is 6.54 Å². The van der Waals surface area contributed by atoms with Crippen molar-refractivity contribution >= 4 is 6.09 Å². The molecule has 1 atom stereocenters. The van der Waals surface area contributed by atoms with E-state index in [1.807, 2.05) is 12.1 Å². The van der Waals surface area contributed by atoms with E-state index in [1.165, 1.54) is 4.90 Å². The highest BCUT2D eigenvalue weighted by molar-refractivity contribution is 5.65. The number of nitrogens with zero attached hydrogens (tertiary/aromatic N) is 4. The molecule has 2 aromatic rings. The van der Waals surface area contributed by atoms with Crippen molar-refractivity contribution in [1.29, 1.82) is 0 Å². The Kier molecular flexibility index (Phi) is 3.81. The summed E-state index contributed by atoms with van der Waals surface area (Å²) in [5.74, 6) is 0.817. The molecule has 1 saturated heterocycles. The Bertz CT molecular complexity index is 614. The minimum absolute atomic E-state index is 0.0896. The van der Waals surface area contributed by atoms with E-state index in [-0.39, 0.29) is 6.04 Å². The highest BCUT2D eigenvalue weighted by atomic mass is 16.4. The Labute approximate surface area is 121 Å². The number of amides is 1. The monoisotopic (exact) mass is 288 g/mol. The van der Waals surface area contributed by atoms with Gasteiger partial charge in [-0.15, -0.1) is 10.2 Å². The smallest absolute Gasteiger partial charge is 0.407 e. The summed E-state index contributed by atoms with van der Waals surface area (Å²) in [5, 5.41) is 17.2. The van der Waals surface area contributed by atoms with Crippen molar-refractivity contribution in [1.82, 2.24) is 20.1 Å². The van der Waals surface area contributed by atoms with E-state index in [1.54, 1.807) is 12.3 Å². The summed E-state index contributed by atoms with van der Waals surface area (Å²) < 4.78 is 5.60. The number of carbonyl (C=O) groups is 1. The van der Waals surface area contributed by atoms with Crippen LogP contribution in [0.1, 0.15) is 25.2 Å². The van der Waals surface area contributed by atoms with Gasteiger partial charge in [-0.3, -0.25) is 4.98 Å². The fourth-order valence-electron chi connectivity index (χ4n) is 2.60. The van der Waals surface area contributed by atoms with Gasteiger partial charge in [0, 0.05) is 25.2 Å². The van der Waals surface area contributed by atoms with Crippen LogP contribution in [0.4, 0.5) is 4.79 Å². The zero-order valence-electron chi connectivity index (χ0n) is 11.5. The predicted molar refractivity (Wildman–Crippen MR) is 73.6 cm³/mol. The molecule has 1 fully saturated rings. The zero-order valence-corrected chi connectivity index (χ0v) is 11.5. The summed E-state index contributed by atoms with van der Waals surface area (Å²) in [6, 6.07) is 5.36. The molecule has 0 saturated carbocycles. The molecule has 0 aliphatic carbocycles. The molecule has 0 bridgehead atoms. The van der Waals surface area contributed by atoms with Crippen LogP contribution in [-0.4, -0.2) is 43.9 Å². The van der Waals surface area contributed by atoms with Crippen molar-refractivity contribution in [3.8, 4) is 11.6 Å². The van der Waals surface area contributed by atoms with Gasteiger partial charge in [-0.25, -0.2) is 4.79 Å². The highest BCUT2D eigenvalue weighted by Gasteiger charge is 2.28.